The Morgan fingerprint density at radius 1 is 1.00 bits per heavy atom. The zero-order chi connectivity index (χ0) is 28.4. The summed E-state index contributed by atoms with van der Waals surface area (Å²) in [7, 11) is 1.90. The molecule has 0 unspecified atom stereocenters. The molecule has 0 saturated heterocycles. The predicted octanol–water partition coefficient (Wildman–Crippen LogP) is 7.96. The monoisotopic (exact) mass is 543 g/mol. The number of nitrogens with zero attached hydrogens (tertiary/aromatic N) is 1. The highest BCUT2D eigenvalue weighted by molar-refractivity contribution is 5.87. The van der Waals surface area contributed by atoms with Crippen LogP contribution < -0.4 is 0 Å². The van der Waals surface area contributed by atoms with E-state index in [1.54, 1.807) is 0 Å². The highest BCUT2D eigenvalue weighted by atomic mass is 16.3. The average molecular weight is 544 g/mol. The number of aromatic hydroxyl groups is 1. The molecule has 3 aliphatic carbocycles. The number of hydrogen-bond acceptors (Lipinski definition) is 3. The van der Waals surface area contributed by atoms with Gasteiger partial charge >= 0.3 is 0 Å². The Morgan fingerprint density at radius 3 is 2.48 bits per heavy atom. The third kappa shape index (κ3) is 5.74. The molecule has 5 atom stereocenters. The van der Waals surface area contributed by atoms with E-state index in [4.69, 9.17) is 0 Å². The van der Waals surface area contributed by atoms with Gasteiger partial charge in [0.25, 0.3) is 0 Å². The van der Waals surface area contributed by atoms with E-state index in [1.807, 2.05) is 24.1 Å². The van der Waals surface area contributed by atoms with Gasteiger partial charge in [0.1, 0.15) is 11.5 Å². The third-order valence-electron chi connectivity index (χ3n) is 10.9. The molecule has 0 radical (unpaired) electrons. The van der Waals surface area contributed by atoms with E-state index in [2.05, 4.69) is 51.1 Å². The van der Waals surface area contributed by atoms with Crippen molar-refractivity contribution in [2.24, 2.45) is 17.3 Å². The number of phenolic OH excluding ortho intramolecular Hbond substituents is 1. The Bertz CT molecular complexity index is 1200. The second-order valence-corrected chi connectivity index (χ2v) is 13.5. The third-order valence-corrected chi connectivity index (χ3v) is 10.9. The van der Waals surface area contributed by atoms with Crippen molar-refractivity contribution in [3.63, 3.8) is 0 Å². The number of phenols is 1. The summed E-state index contributed by atoms with van der Waals surface area (Å²) in [5.74, 6) is 2.88. The van der Waals surface area contributed by atoms with Crippen LogP contribution in [0.3, 0.4) is 0 Å². The fourth-order valence-corrected chi connectivity index (χ4v) is 8.32. The minimum Gasteiger partial charge on any atom is -0.508 e. The smallest absolute Gasteiger partial charge is 0.222 e. The molecule has 0 aromatic heterocycles. The van der Waals surface area contributed by atoms with Gasteiger partial charge in [-0.25, -0.2) is 0 Å². The molecule has 0 bridgehead atoms. The Hall–Kier alpha value is -2.62. The van der Waals surface area contributed by atoms with E-state index >= 15 is 0 Å². The summed E-state index contributed by atoms with van der Waals surface area (Å²) in [5.41, 5.74) is 5.26. The van der Waals surface area contributed by atoms with E-state index in [0.29, 0.717) is 41.6 Å². The minimum absolute atomic E-state index is 0.201. The molecule has 2 saturated carbocycles. The largest absolute Gasteiger partial charge is 0.508 e. The summed E-state index contributed by atoms with van der Waals surface area (Å²) in [6, 6.07) is 15.6. The lowest BCUT2D eigenvalue weighted by Gasteiger charge is -2.52. The maximum Gasteiger partial charge on any atom is 0.222 e. The molecule has 40 heavy (non-hydrogen) atoms. The van der Waals surface area contributed by atoms with Gasteiger partial charge in [-0.15, -0.1) is 0 Å². The van der Waals surface area contributed by atoms with Gasteiger partial charge in [0, 0.05) is 31.3 Å². The Balaban J connectivity index is 1.21. The standard InChI is InChI=1S/C36H49NO3/c1-24(2)37(4)34(40)11-9-7-5-6-8-10-25-12-14-26(15-13-25)31-23-36(3)32(20-21-33(36)39)30-18-16-27-22-28(38)17-19-29(27)35(30)31/h12-15,17,19,22,24,30-32,35,38H,5-11,16,18,20-21,23H2,1-4H3/t30-,31+,32-,35+,36-/m0/s1. The van der Waals surface area contributed by atoms with E-state index in [1.165, 1.54) is 41.5 Å². The molecule has 0 aliphatic heterocycles. The van der Waals surface area contributed by atoms with E-state index in [-0.39, 0.29) is 17.4 Å². The van der Waals surface area contributed by atoms with Gasteiger partial charge in [-0.05, 0) is 117 Å². The number of carbonyl (C=O) groups excluding carboxylic acids is 2. The molecule has 2 aromatic rings. The van der Waals surface area contributed by atoms with Crippen molar-refractivity contribution in [2.75, 3.05) is 7.05 Å². The fraction of sp³-hybridized carbons (Fsp3) is 0.611. The molecular weight excluding hydrogens is 494 g/mol. The lowest BCUT2D eigenvalue weighted by molar-refractivity contribution is -0.131. The number of hydrogen-bond donors (Lipinski definition) is 1. The van der Waals surface area contributed by atoms with Crippen LogP contribution in [0.1, 0.15) is 119 Å². The first-order chi connectivity index (χ1) is 19.2. The lowest BCUT2D eigenvalue weighted by Crippen LogP contribution is -2.46. The van der Waals surface area contributed by atoms with Gasteiger partial charge in [0.05, 0.1) is 0 Å². The molecule has 216 valence electrons. The molecule has 2 aromatic carbocycles. The summed E-state index contributed by atoms with van der Waals surface area (Å²) in [4.78, 5) is 27.2. The van der Waals surface area contributed by atoms with Crippen molar-refractivity contribution < 1.29 is 14.7 Å². The number of rotatable bonds is 10. The SMILES string of the molecule is CC(C)N(C)C(=O)CCCCCCCc1ccc([C@H]2C[C@]3(C)C(=O)CC[C@H]3[C@@H]3CCc4cc(O)ccc4[C@H]32)cc1. The Kier molecular flexibility index (Phi) is 8.73. The molecule has 1 N–H and O–H groups in total. The number of fused-ring (bicyclic) bond motifs is 5. The summed E-state index contributed by atoms with van der Waals surface area (Å²) in [5, 5.41) is 10.2. The molecule has 4 heteroatoms. The van der Waals surface area contributed by atoms with Crippen molar-refractivity contribution in [3.05, 3.63) is 64.7 Å². The summed E-state index contributed by atoms with van der Waals surface area (Å²) < 4.78 is 0. The maximum atomic E-state index is 13.2. The van der Waals surface area contributed by atoms with Gasteiger partial charge in [0.15, 0.2) is 0 Å². The van der Waals surface area contributed by atoms with Crippen LogP contribution in [-0.4, -0.2) is 34.8 Å². The number of unbranched alkanes of at least 4 members (excludes halogenated alkanes) is 4. The summed E-state index contributed by atoms with van der Waals surface area (Å²) in [6.07, 6.45) is 12.3. The van der Waals surface area contributed by atoms with Crippen LogP contribution in [0.4, 0.5) is 0 Å². The average Bonchev–Trinajstić information content (AvgIpc) is 3.25. The summed E-state index contributed by atoms with van der Waals surface area (Å²) >= 11 is 0. The van der Waals surface area contributed by atoms with E-state index < -0.39 is 0 Å². The van der Waals surface area contributed by atoms with Crippen LogP contribution in [0.25, 0.3) is 0 Å². The first kappa shape index (κ1) is 28.9. The van der Waals surface area contributed by atoms with Crippen LogP contribution in [0, 0.1) is 17.3 Å². The topological polar surface area (TPSA) is 57.6 Å². The molecule has 0 spiro atoms. The second kappa shape index (κ2) is 12.1. The maximum absolute atomic E-state index is 13.2. The number of carbonyl (C=O) groups is 2. The number of amides is 1. The highest BCUT2D eigenvalue weighted by Gasteiger charge is 2.57. The first-order valence-electron chi connectivity index (χ1n) is 15.9. The van der Waals surface area contributed by atoms with Gasteiger partial charge in [-0.1, -0.05) is 56.5 Å². The number of Topliss-reactive ketones (excluding diaryl/α,β-unsaturated/α-hetero) is 1. The van der Waals surface area contributed by atoms with Crippen molar-refractivity contribution in [1.82, 2.24) is 4.90 Å². The fourth-order valence-electron chi connectivity index (χ4n) is 8.32. The molecule has 0 heterocycles. The molecule has 1 amide bonds. The van der Waals surface area contributed by atoms with Gasteiger partial charge in [-0.2, -0.15) is 0 Å². The van der Waals surface area contributed by atoms with Crippen molar-refractivity contribution in [1.29, 1.82) is 0 Å². The lowest BCUT2D eigenvalue weighted by atomic mass is 9.51. The van der Waals surface area contributed by atoms with Crippen LogP contribution in [-0.2, 0) is 22.4 Å². The first-order valence-corrected chi connectivity index (χ1v) is 15.9. The van der Waals surface area contributed by atoms with E-state index in [0.717, 1.165) is 51.4 Å². The molecule has 4 nitrogen and oxygen atoms in total. The highest BCUT2D eigenvalue weighted by Crippen LogP contribution is 2.64. The Labute approximate surface area is 241 Å². The van der Waals surface area contributed by atoms with Gasteiger partial charge in [0.2, 0.25) is 5.91 Å². The van der Waals surface area contributed by atoms with E-state index in [9.17, 15) is 14.7 Å². The van der Waals surface area contributed by atoms with Crippen molar-refractivity contribution in [2.45, 2.75) is 116 Å². The predicted molar refractivity (Wildman–Crippen MR) is 162 cm³/mol. The number of aryl methyl sites for hydroxylation is 2. The molecular formula is C36H49NO3. The molecule has 2 fully saturated rings. The van der Waals surface area contributed by atoms with Crippen molar-refractivity contribution >= 4 is 11.7 Å². The van der Waals surface area contributed by atoms with Crippen LogP contribution in [0.2, 0.25) is 0 Å². The zero-order valence-corrected chi connectivity index (χ0v) is 25.1. The Morgan fingerprint density at radius 2 is 1.73 bits per heavy atom. The number of ketones is 1. The van der Waals surface area contributed by atoms with Crippen LogP contribution in [0.5, 0.6) is 5.75 Å². The van der Waals surface area contributed by atoms with Crippen LogP contribution >= 0.6 is 0 Å². The zero-order valence-electron chi connectivity index (χ0n) is 25.1. The quantitative estimate of drug-likeness (QED) is 0.309. The second-order valence-electron chi connectivity index (χ2n) is 13.5. The molecule has 5 rings (SSSR count). The van der Waals surface area contributed by atoms with Crippen LogP contribution in [0.15, 0.2) is 42.5 Å². The normalized spacial score (nSPS) is 27.3. The summed E-state index contributed by atoms with van der Waals surface area (Å²) in [6.45, 7) is 6.38. The van der Waals surface area contributed by atoms with Crippen molar-refractivity contribution in [3.8, 4) is 5.75 Å². The minimum atomic E-state index is -0.201. The van der Waals surface area contributed by atoms with Gasteiger partial charge in [-0.3, -0.25) is 9.59 Å². The van der Waals surface area contributed by atoms with Gasteiger partial charge < -0.3 is 10.0 Å². The molecule has 3 aliphatic rings. The number of benzene rings is 2.